The number of benzene rings is 1. The monoisotopic (exact) mass is 313 g/mol. The van der Waals surface area contributed by atoms with Crippen LogP contribution in [0.1, 0.15) is 32.6 Å². The van der Waals surface area contributed by atoms with Crippen LogP contribution >= 0.6 is 0 Å². The fraction of sp³-hybridized carbons (Fsp3) is 0.471. The van der Waals surface area contributed by atoms with Crippen molar-refractivity contribution >= 4 is 23.3 Å². The number of carbonyl (C=O) groups is 2. The van der Waals surface area contributed by atoms with Crippen LogP contribution in [0, 0.1) is 5.92 Å². The molecular weight excluding hydrogens is 294 g/mol. The second-order valence-corrected chi connectivity index (χ2v) is 6.48. The molecule has 4 rings (SSSR count). The van der Waals surface area contributed by atoms with Gasteiger partial charge in [-0.3, -0.25) is 4.79 Å². The zero-order valence-electron chi connectivity index (χ0n) is 13.0. The number of para-hydroxylation sites is 1. The molecule has 0 aromatic heterocycles. The highest BCUT2D eigenvalue weighted by molar-refractivity contribution is 6.23. The van der Waals surface area contributed by atoms with Crippen LogP contribution in [0.3, 0.4) is 0 Å². The molecule has 2 heterocycles. The standard InChI is InChI=1S/C17H19N3O3/c1-2-6-13-12-9-17(10-14(12)23-19-13)15(21)20(16(22)18-17)11-7-4-3-5-8-11/h3-5,7-8,12,14H,2,6,9-10H2,1H3,(H,18,22)/t12-,14-,17+/m0/s1. The van der Waals surface area contributed by atoms with Crippen molar-refractivity contribution < 1.29 is 14.4 Å². The van der Waals surface area contributed by atoms with Crippen molar-refractivity contribution in [3.05, 3.63) is 30.3 Å². The third-order valence-corrected chi connectivity index (χ3v) is 4.98. The predicted molar refractivity (Wildman–Crippen MR) is 85.1 cm³/mol. The molecule has 1 spiro atoms. The van der Waals surface area contributed by atoms with Gasteiger partial charge in [0.2, 0.25) is 0 Å². The molecule has 23 heavy (non-hydrogen) atoms. The smallest absolute Gasteiger partial charge is 0.329 e. The van der Waals surface area contributed by atoms with E-state index in [4.69, 9.17) is 4.84 Å². The normalized spacial score (nSPS) is 32.0. The Kier molecular flexibility index (Phi) is 3.14. The summed E-state index contributed by atoms with van der Waals surface area (Å²) < 4.78 is 0. The van der Waals surface area contributed by atoms with Crippen LogP contribution in [0.5, 0.6) is 0 Å². The minimum absolute atomic E-state index is 0.100. The number of fused-ring (bicyclic) bond motifs is 1. The van der Waals surface area contributed by atoms with E-state index in [1.807, 2.05) is 18.2 Å². The maximum absolute atomic E-state index is 13.0. The van der Waals surface area contributed by atoms with E-state index in [1.54, 1.807) is 12.1 Å². The van der Waals surface area contributed by atoms with Crippen molar-refractivity contribution in [1.29, 1.82) is 0 Å². The lowest BCUT2D eigenvalue weighted by Gasteiger charge is -2.21. The first-order valence-corrected chi connectivity index (χ1v) is 8.09. The molecule has 3 aliphatic rings. The molecule has 1 aromatic carbocycles. The molecule has 1 N–H and O–H groups in total. The molecule has 1 saturated carbocycles. The number of oxime groups is 1. The predicted octanol–water partition coefficient (Wildman–Crippen LogP) is 2.45. The van der Waals surface area contributed by atoms with Gasteiger partial charge < -0.3 is 10.2 Å². The number of nitrogens with zero attached hydrogens (tertiary/aromatic N) is 2. The van der Waals surface area contributed by atoms with E-state index >= 15 is 0 Å². The highest BCUT2D eigenvalue weighted by Gasteiger charge is 2.61. The van der Waals surface area contributed by atoms with Crippen LogP contribution in [0.4, 0.5) is 10.5 Å². The molecular formula is C17H19N3O3. The third-order valence-electron chi connectivity index (χ3n) is 4.98. The van der Waals surface area contributed by atoms with Gasteiger partial charge in [-0.05, 0) is 25.0 Å². The number of imide groups is 1. The lowest BCUT2D eigenvalue weighted by Crippen LogP contribution is -2.45. The summed E-state index contributed by atoms with van der Waals surface area (Å²) in [5.74, 6) is -0.0440. The lowest BCUT2D eigenvalue weighted by molar-refractivity contribution is -0.122. The Morgan fingerprint density at radius 3 is 2.83 bits per heavy atom. The van der Waals surface area contributed by atoms with Gasteiger partial charge in [0, 0.05) is 12.3 Å². The Labute approximate surface area is 134 Å². The largest absolute Gasteiger partial charge is 0.392 e. The summed E-state index contributed by atoms with van der Waals surface area (Å²) in [5, 5.41) is 7.09. The molecule has 0 unspecified atom stereocenters. The third kappa shape index (κ3) is 2.04. The van der Waals surface area contributed by atoms with Crippen LogP contribution < -0.4 is 10.2 Å². The topological polar surface area (TPSA) is 71.0 Å². The van der Waals surface area contributed by atoms with E-state index in [0.717, 1.165) is 18.6 Å². The molecule has 6 nitrogen and oxygen atoms in total. The van der Waals surface area contributed by atoms with Gasteiger partial charge in [-0.25, -0.2) is 9.69 Å². The Morgan fingerprint density at radius 2 is 2.09 bits per heavy atom. The second-order valence-electron chi connectivity index (χ2n) is 6.48. The van der Waals surface area contributed by atoms with Gasteiger partial charge in [0.1, 0.15) is 11.6 Å². The van der Waals surface area contributed by atoms with Gasteiger partial charge in [0.25, 0.3) is 5.91 Å². The number of urea groups is 1. The molecule has 120 valence electrons. The summed E-state index contributed by atoms with van der Waals surface area (Å²) in [7, 11) is 0. The first-order valence-electron chi connectivity index (χ1n) is 8.09. The Balaban J connectivity index is 1.61. The Hall–Kier alpha value is -2.37. The minimum atomic E-state index is -0.850. The van der Waals surface area contributed by atoms with Gasteiger partial charge in [0.15, 0.2) is 0 Å². The summed E-state index contributed by atoms with van der Waals surface area (Å²) in [6, 6.07) is 8.69. The maximum atomic E-state index is 13.0. The highest BCUT2D eigenvalue weighted by Crippen LogP contribution is 2.45. The molecule has 2 fully saturated rings. The van der Waals surface area contributed by atoms with Gasteiger partial charge in [-0.15, -0.1) is 0 Å². The van der Waals surface area contributed by atoms with E-state index in [2.05, 4.69) is 17.4 Å². The van der Waals surface area contributed by atoms with Crippen molar-refractivity contribution in [2.24, 2.45) is 11.1 Å². The summed E-state index contributed by atoms with van der Waals surface area (Å²) >= 11 is 0. The Bertz CT molecular complexity index is 688. The van der Waals surface area contributed by atoms with E-state index < -0.39 is 5.54 Å². The highest BCUT2D eigenvalue weighted by atomic mass is 16.6. The number of nitrogens with one attached hydrogen (secondary N) is 1. The summed E-state index contributed by atoms with van der Waals surface area (Å²) in [6.45, 7) is 2.10. The van der Waals surface area contributed by atoms with Gasteiger partial charge in [0.05, 0.1) is 11.4 Å². The molecule has 3 amide bonds. The summed E-state index contributed by atoms with van der Waals surface area (Å²) in [5.41, 5.74) is 0.777. The van der Waals surface area contributed by atoms with Crippen LogP contribution in [0.25, 0.3) is 0 Å². The molecule has 2 aliphatic heterocycles. The van der Waals surface area contributed by atoms with E-state index in [0.29, 0.717) is 18.5 Å². The average Bonchev–Trinajstić information content (AvgIpc) is 3.15. The first kappa shape index (κ1) is 14.2. The van der Waals surface area contributed by atoms with Crippen LogP contribution in [0.2, 0.25) is 0 Å². The number of anilines is 1. The van der Waals surface area contributed by atoms with Crippen molar-refractivity contribution in [2.45, 2.75) is 44.2 Å². The second kappa shape index (κ2) is 5.08. The van der Waals surface area contributed by atoms with Crippen molar-refractivity contribution in [3.63, 3.8) is 0 Å². The Morgan fingerprint density at radius 1 is 1.30 bits per heavy atom. The maximum Gasteiger partial charge on any atom is 0.329 e. The molecule has 1 aliphatic carbocycles. The molecule has 1 saturated heterocycles. The minimum Gasteiger partial charge on any atom is -0.392 e. The summed E-state index contributed by atoms with van der Waals surface area (Å²) in [6.07, 6.45) is 2.83. The fourth-order valence-electron chi connectivity index (χ4n) is 3.92. The van der Waals surface area contributed by atoms with Crippen molar-refractivity contribution in [3.8, 4) is 0 Å². The van der Waals surface area contributed by atoms with Crippen molar-refractivity contribution in [1.82, 2.24) is 5.32 Å². The molecule has 3 atom stereocenters. The quantitative estimate of drug-likeness (QED) is 0.871. The summed E-state index contributed by atoms with van der Waals surface area (Å²) in [4.78, 5) is 32.1. The molecule has 6 heteroatoms. The van der Waals surface area contributed by atoms with E-state index in [9.17, 15) is 9.59 Å². The number of rotatable bonds is 3. The average molecular weight is 313 g/mol. The number of hydrogen-bond donors (Lipinski definition) is 1. The van der Waals surface area contributed by atoms with Gasteiger partial charge >= 0.3 is 6.03 Å². The van der Waals surface area contributed by atoms with Gasteiger partial charge in [-0.1, -0.05) is 36.7 Å². The number of hydrogen-bond acceptors (Lipinski definition) is 4. The van der Waals surface area contributed by atoms with Gasteiger partial charge in [-0.2, -0.15) is 0 Å². The van der Waals surface area contributed by atoms with Crippen LogP contribution in [-0.4, -0.2) is 29.3 Å². The lowest BCUT2D eigenvalue weighted by atomic mass is 9.92. The van der Waals surface area contributed by atoms with E-state index in [-0.39, 0.29) is 24.0 Å². The molecule has 0 radical (unpaired) electrons. The molecule has 0 bridgehead atoms. The van der Waals surface area contributed by atoms with Crippen LogP contribution in [-0.2, 0) is 9.63 Å². The van der Waals surface area contributed by atoms with Crippen LogP contribution in [0.15, 0.2) is 35.5 Å². The molecule has 1 aromatic rings. The SMILES string of the molecule is CCCC1=NO[C@H]2C[C@@]3(C[C@@H]12)NC(=O)N(c1ccccc1)C3=O. The number of carbonyl (C=O) groups excluding carboxylic acids is 2. The van der Waals surface area contributed by atoms with Crippen molar-refractivity contribution in [2.75, 3.05) is 4.90 Å². The number of amides is 3. The zero-order chi connectivity index (χ0) is 16.0. The fourth-order valence-corrected chi connectivity index (χ4v) is 3.92. The zero-order valence-corrected chi connectivity index (χ0v) is 13.0. The first-order chi connectivity index (χ1) is 11.1. The van der Waals surface area contributed by atoms with E-state index in [1.165, 1.54) is 4.90 Å².